The molecule has 0 spiro atoms. The van der Waals surface area contributed by atoms with Gasteiger partial charge >= 0.3 is 0 Å². The summed E-state index contributed by atoms with van der Waals surface area (Å²) in [5, 5.41) is 13.5. The monoisotopic (exact) mass is 281 g/mol. The first kappa shape index (κ1) is 14.7. The Morgan fingerprint density at radius 3 is 2.74 bits per heavy atom. The molecule has 3 nitrogen and oxygen atoms in total. The Morgan fingerprint density at radius 1 is 1.42 bits per heavy atom. The molecule has 2 rings (SSSR count). The van der Waals surface area contributed by atoms with Crippen LogP contribution in [0.3, 0.4) is 0 Å². The molecule has 0 radical (unpaired) electrons. The van der Waals surface area contributed by atoms with Gasteiger partial charge in [0.2, 0.25) is 0 Å². The van der Waals surface area contributed by atoms with Crippen LogP contribution in [0.5, 0.6) is 5.75 Å². The molecule has 0 bridgehead atoms. The second kappa shape index (κ2) is 6.64. The van der Waals surface area contributed by atoms with Gasteiger partial charge in [-0.2, -0.15) is 11.8 Å². The fraction of sp³-hybridized carbons (Fsp3) is 0.600. The van der Waals surface area contributed by atoms with Crippen LogP contribution in [-0.4, -0.2) is 35.8 Å². The van der Waals surface area contributed by atoms with E-state index in [-0.39, 0.29) is 0 Å². The van der Waals surface area contributed by atoms with E-state index in [0.29, 0.717) is 11.3 Å². The number of aliphatic hydroxyl groups excluding tert-OH is 1. The fourth-order valence-corrected chi connectivity index (χ4v) is 3.67. The first-order valence-electron chi connectivity index (χ1n) is 6.80. The number of benzene rings is 1. The fourth-order valence-electron chi connectivity index (χ4n) is 2.39. The Hall–Kier alpha value is -0.710. The third-order valence-electron chi connectivity index (χ3n) is 3.64. The van der Waals surface area contributed by atoms with Gasteiger partial charge in [0.25, 0.3) is 0 Å². The van der Waals surface area contributed by atoms with Crippen molar-refractivity contribution in [1.29, 1.82) is 0 Å². The standard InChI is InChI=1S/C15H23NO2S/c1-15(8-3-9-19-15)11-16-10-14(17)12-4-6-13(18-2)7-5-12/h4-7,14,16-17H,3,8-11H2,1-2H3. The average molecular weight is 281 g/mol. The Kier molecular flexibility index (Phi) is 5.13. The zero-order valence-electron chi connectivity index (χ0n) is 11.7. The predicted molar refractivity (Wildman–Crippen MR) is 80.9 cm³/mol. The third kappa shape index (κ3) is 4.13. The highest BCUT2D eigenvalue weighted by atomic mass is 32.2. The molecule has 19 heavy (non-hydrogen) atoms. The lowest BCUT2D eigenvalue weighted by atomic mass is 10.1. The van der Waals surface area contributed by atoms with Gasteiger partial charge in [0.15, 0.2) is 0 Å². The third-order valence-corrected chi connectivity index (χ3v) is 5.18. The van der Waals surface area contributed by atoms with Crippen LogP contribution in [0.1, 0.15) is 31.4 Å². The van der Waals surface area contributed by atoms with Crippen molar-refractivity contribution in [3.63, 3.8) is 0 Å². The minimum atomic E-state index is -0.457. The highest BCUT2D eigenvalue weighted by Crippen LogP contribution is 2.37. The van der Waals surface area contributed by atoms with Crippen LogP contribution < -0.4 is 10.1 Å². The minimum Gasteiger partial charge on any atom is -0.497 e. The maximum absolute atomic E-state index is 10.1. The molecular weight excluding hydrogens is 258 g/mol. The molecule has 4 heteroatoms. The maximum Gasteiger partial charge on any atom is 0.118 e. The molecule has 1 saturated heterocycles. The molecule has 2 unspecified atom stereocenters. The van der Waals surface area contributed by atoms with Gasteiger partial charge in [-0.25, -0.2) is 0 Å². The van der Waals surface area contributed by atoms with E-state index < -0.39 is 6.10 Å². The second-order valence-electron chi connectivity index (χ2n) is 5.32. The van der Waals surface area contributed by atoms with E-state index in [9.17, 15) is 5.11 Å². The summed E-state index contributed by atoms with van der Waals surface area (Å²) in [6.45, 7) is 3.87. The van der Waals surface area contributed by atoms with E-state index in [4.69, 9.17) is 4.74 Å². The number of hydrogen-bond acceptors (Lipinski definition) is 4. The lowest BCUT2D eigenvalue weighted by Crippen LogP contribution is -2.35. The van der Waals surface area contributed by atoms with Crippen LogP contribution in [0.15, 0.2) is 24.3 Å². The summed E-state index contributed by atoms with van der Waals surface area (Å²) < 4.78 is 5.46. The smallest absolute Gasteiger partial charge is 0.118 e. The molecular formula is C15H23NO2S. The molecule has 1 aromatic rings. The highest BCUT2D eigenvalue weighted by molar-refractivity contribution is 8.00. The summed E-state index contributed by atoms with van der Waals surface area (Å²) in [6.07, 6.45) is 2.12. The Bertz CT molecular complexity index is 388. The van der Waals surface area contributed by atoms with Crippen LogP contribution in [0.4, 0.5) is 0 Å². The first-order chi connectivity index (χ1) is 9.13. The summed E-state index contributed by atoms with van der Waals surface area (Å²) >= 11 is 2.04. The van der Waals surface area contributed by atoms with Crippen LogP contribution in [0.25, 0.3) is 0 Å². The molecule has 0 saturated carbocycles. The van der Waals surface area contributed by atoms with Crippen molar-refractivity contribution in [2.45, 2.75) is 30.6 Å². The summed E-state index contributed by atoms with van der Waals surface area (Å²) in [5.41, 5.74) is 0.928. The van der Waals surface area contributed by atoms with Gasteiger partial charge in [-0.05, 0) is 43.2 Å². The van der Waals surface area contributed by atoms with E-state index in [1.54, 1.807) is 7.11 Å². The number of rotatable bonds is 6. The molecule has 1 fully saturated rings. The van der Waals surface area contributed by atoms with Crippen molar-refractivity contribution in [3.05, 3.63) is 29.8 Å². The predicted octanol–water partition coefficient (Wildman–Crippen LogP) is 2.60. The van der Waals surface area contributed by atoms with E-state index in [0.717, 1.165) is 17.9 Å². The SMILES string of the molecule is COc1ccc(C(O)CNCC2(C)CCCS2)cc1. The number of ether oxygens (including phenoxy) is 1. The van der Waals surface area contributed by atoms with Crippen molar-refractivity contribution in [1.82, 2.24) is 5.32 Å². The molecule has 0 aromatic heterocycles. The molecule has 1 heterocycles. The Morgan fingerprint density at radius 2 is 2.16 bits per heavy atom. The van der Waals surface area contributed by atoms with Crippen molar-refractivity contribution in [2.24, 2.45) is 0 Å². The van der Waals surface area contributed by atoms with Crippen LogP contribution in [0.2, 0.25) is 0 Å². The van der Waals surface area contributed by atoms with Gasteiger partial charge in [0.1, 0.15) is 5.75 Å². The number of aliphatic hydroxyl groups is 1. The molecule has 0 amide bonds. The molecule has 0 aliphatic carbocycles. The molecule has 1 aliphatic rings. The van der Waals surface area contributed by atoms with Crippen molar-refractivity contribution < 1.29 is 9.84 Å². The van der Waals surface area contributed by atoms with Crippen molar-refractivity contribution >= 4 is 11.8 Å². The minimum absolute atomic E-state index is 0.347. The van der Waals surface area contributed by atoms with E-state index in [1.165, 1.54) is 18.6 Å². The largest absolute Gasteiger partial charge is 0.497 e. The van der Waals surface area contributed by atoms with Crippen LogP contribution >= 0.6 is 11.8 Å². The van der Waals surface area contributed by atoms with E-state index in [1.807, 2.05) is 36.0 Å². The van der Waals surface area contributed by atoms with Crippen LogP contribution in [-0.2, 0) is 0 Å². The molecule has 2 N–H and O–H groups in total. The van der Waals surface area contributed by atoms with Gasteiger partial charge in [0.05, 0.1) is 13.2 Å². The van der Waals surface area contributed by atoms with Gasteiger partial charge in [-0.3, -0.25) is 0 Å². The first-order valence-corrected chi connectivity index (χ1v) is 7.78. The van der Waals surface area contributed by atoms with Crippen molar-refractivity contribution in [2.75, 3.05) is 26.0 Å². The molecule has 1 aliphatic heterocycles. The lowest BCUT2D eigenvalue weighted by molar-refractivity contribution is 0.173. The molecule has 1 aromatic carbocycles. The number of methoxy groups -OCH3 is 1. The van der Waals surface area contributed by atoms with Gasteiger partial charge < -0.3 is 15.2 Å². The number of thioether (sulfide) groups is 1. The van der Waals surface area contributed by atoms with Gasteiger partial charge in [-0.15, -0.1) is 0 Å². The van der Waals surface area contributed by atoms with E-state index >= 15 is 0 Å². The summed E-state index contributed by atoms with van der Waals surface area (Å²) in [5.74, 6) is 2.08. The second-order valence-corrected chi connectivity index (χ2v) is 7.00. The summed E-state index contributed by atoms with van der Waals surface area (Å²) in [4.78, 5) is 0. The Balaban J connectivity index is 1.78. The van der Waals surface area contributed by atoms with E-state index in [2.05, 4.69) is 12.2 Å². The molecule has 106 valence electrons. The number of hydrogen-bond donors (Lipinski definition) is 2. The lowest BCUT2D eigenvalue weighted by Gasteiger charge is -2.24. The normalized spacial score (nSPS) is 24.4. The molecule has 2 atom stereocenters. The number of nitrogens with one attached hydrogen (secondary N) is 1. The zero-order chi connectivity index (χ0) is 13.7. The van der Waals surface area contributed by atoms with Gasteiger partial charge in [-0.1, -0.05) is 12.1 Å². The quantitative estimate of drug-likeness (QED) is 0.841. The average Bonchev–Trinajstić information content (AvgIpc) is 2.86. The van der Waals surface area contributed by atoms with Crippen molar-refractivity contribution in [3.8, 4) is 5.75 Å². The summed E-state index contributed by atoms with van der Waals surface area (Å²) in [7, 11) is 1.65. The highest BCUT2D eigenvalue weighted by Gasteiger charge is 2.28. The zero-order valence-corrected chi connectivity index (χ0v) is 12.5. The summed E-state index contributed by atoms with van der Waals surface area (Å²) in [6, 6.07) is 7.59. The Labute approximate surface area is 119 Å². The van der Waals surface area contributed by atoms with Gasteiger partial charge in [0, 0.05) is 17.8 Å². The van der Waals surface area contributed by atoms with Crippen LogP contribution in [0, 0.1) is 0 Å². The topological polar surface area (TPSA) is 41.5 Å². The maximum atomic E-state index is 10.1.